The van der Waals surface area contributed by atoms with Crippen LogP contribution in [0.15, 0.2) is 23.0 Å². The molecule has 0 saturated carbocycles. The minimum Gasteiger partial charge on any atom is -0.263 e. The second-order valence-corrected chi connectivity index (χ2v) is 4.83. The van der Waals surface area contributed by atoms with Crippen LogP contribution in [0.2, 0.25) is 9.78 Å². The minimum atomic E-state index is -0.181. The minimum absolute atomic E-state index is 0.0695. The summed E-state index contributed by atoms with van der Waals surface area (Å²) in [5.41, 5.74) is 0.609. The van der Waals surface area contributed by atoms with Gasteiger partial charge in [0.1, 0.15) is 0 Å². The van der Waals surface area contributed by atoms with Crippen molar-refractivity contribution in [3.8, 4) is 0 Å². The van der Waals surface area contributed by atoms with Gasteiger partial charge in [-0.3, -0.25) is 4.79 Å². The summed E-state index contributed by atoms with van der Waals surface area (Å²) in [5, 5.41) is 1.19. The van der Waals surface area contributed by atoms with Gasteiger partial charge >= 0.3 is 0 Å². The van der Waals surface area contributed by atoms with E-state index in [4.69, 9.17) is 23.2 Å². The van der Waals surface area contributed by atoms with E-state index in [0.717, 1.165) is 5.39 Å². The highest BCUT2D eigenvalue weighted by Crippen LogP contribution is 2.28. The van der Waals surface area contributed by atoms with Crippen molar-refractivity contribution in [3.63, 3.8) is 0 Å². The van der Waals surface area contributed by atoms with Crippen LogP contribution >= 0.6 is 31.4 Å². The third kappa shape index (κ3) is 2.94. The molecule has 1 atom stereocenters. The van der Waals surface area contributed by atoms with Gasteiger partial charge in [-0.1, -0.05) is 37.0 Å². The highest BCUT2D eigenvalue weighted by Gasteiger charge is 2.02. The molecule has 5 heteroatoms. The van der Waals surface area contributed by atoms with Gasteiger partial charge in [0.05, 0.1) is 10.3 Å². The van der Waals surface area contributed by atoms with E-state index in [0.29, 0.717) is 15.3 Å². The molecule has 1 aromatic heterocycles. The topological polar surface area (TPSA) is 30.0 Å². The summed E-state index contributed by atoms with van der Waals surface area (Å²) in [6, 6.07) is 5.11. The monoisotopic (exact) mass is 261 g/mol. The number of hydrogen-bond donors (Lipinski definition) is 0. The van der Waals surface area contributed by atoms with E-state index in [9.17, 15) is 4.79 Å². The number of benzene rings is 1. The fourth-order valence-electron chi connectivity index (χ4n) is 1.08. The standard InChI is InChI=1S/C8H4Cl2NOP.C2H6/c9-4-1-2-6-5(3-4)7(10)13-8(12)11-6;1-2/h1-3,13H;1-2H3. The Morgan fingerprint density at radius 3 is 2.60 bits per heavy atom. The fraction of sp³-hybridized carbons (Fsp3) is 0.200. The van der Waals surface area contributed by atoms with Gasteiger partial charge in [-0.25, -0.2) is 4.98 Å². The van der Waals surface area contributed by atoms with Crippen LogP contribution in [0.25, 0.3) is 10.9 Å². The quantitative estimate of drug-likeness (QED) is 0.719. The van der Waals surface area contributed by atoms with Crippen LogP contribution in [0.4, 0.5) is 0 Å². The molecule has 1 heterocycles. The normalized spacial score (nSPS) is 10.1. The van der Waals surface area contributed by atoms with E-state index in [1.54, 1.807) is 18.2 Å². The Morgan fingerprint density at radius 1 is 1.27 bits per heavy atom. The molecule has 0 fully saturated rings. The fourth-order valence-corrected chi connectivity index (χ4v) is 2.35. The van der Waals surface area contributed by atoms with Crippen molar-refractivity contribution in [1.82, 2.24) is 4.98 Å². The molecule has 1 aromatic carbocycles. The van der Waals surface area contributed by atoms with E-state index >= 15 is 0 Å². The van der Waals surface area contributed by atoms with E-state index in [1.165, 1.54) is 0 Å². The predicted octanol–water partition coefficient (Wildman–Crippen LogP) is 3.96. The summed E-state index contributed by atoms with van der Waals surface area (Å²) >= 11 is 11.7. The van der Waals surface area contributed by atoms with Crippen LogP contribution in [0, 0.1) is 0 Å². The highest BCUT2D eigenvalue weighted by molar-refractivity contribution is 7.33. The van der Waals surface area contributed by atoms with E-state index in [2.05, 4.69) is 4.98 Å². The maximum absolute atomic E-state index is 11.0. The molecule has 0 amide bonds. The molecule has 0 N–H and O–H groups in total. The van der Waals surface area contributed by atoms with Crippen molar-refractivity contribution in [2.75, 3.05) is 0 Å². The average molecular weight is 262 g/mol. The lowest BCUT2D eigenvalue weighted by Crippen LogP contribution is -1.97. The summed E-state index contributed by atoms with van der Waals surface area (Å²) in [6.45, 7) is 4.00. The molecule has 2 nitrogen and oxygen atoms in total. The summed E-state index contributed by atoms with van der Waals surface area (Å²) < 4.78 is 0.539. The molecule has 2 rings (SSSR count). The van der Waals surface area contributed by atoms with Gasteiger partial charge in [0, 0.05) is 10.4 Å². The van der Waals surface area contributed by atoms with Gasteiger partial charge in [0.2, 0.25) is 0 Å². The van der Waals surface area contributed by atoms with Gasteiger partial charge in [-0.15, -0.1) is 0 Å². The van der Waals surface area contributed by atoms with E-state index in [-0.39, 0.29) is 13.5 Å². The largest absolute Gasteiger partial charge is 0.286 e. The summed E-state index contributed by atoms with van der Waals surface area (Å²) in [4.78, 5) is 14.9. The third-order valence-corrected chi connectivity index (χ3v) is 3.17. The van der Waals surface area contributed by atoms with Crippen molar-refractivity contribution in [3.05, 3.63) is 38.1 Å². The number of nitrogens with zero attached hydrogens (tertiary/aromatic N) is 1. The summed E-state index contributed by atoms with van der Waals surface area (Å²) in [6.07, 6.45) is 0. The van der Waals surface area contributed by atoms with Gasteiger partial charge in [0.15, 0.2) is 0 Å². The lowest BCUT2D eigenvalue weighted by molar-refractivity contribution is 1.39. The van der Waals surface area contributed by atoms with Crippen molar-refractivity contribution in [1.29, 1.82) is 0 Å². The third-order valence-electron chi connectivity index (χ3n) is 1.63. The Balaban J connectivity index is 0.000000531. The first kappa shape index (κ1) is 12.5. The molecule has 1 unspecified atom stereocenters. The molecule has 0 saturated heterocycles. The molecule has 0 spiro atoms. The zero-order chi connectivity index (χ0) is 11.4. The number of hydrogen-bond acceptors (Lipinski definition) is 2. The molecule has 0 aliphatic rings. The Morgan fingerprint density at radius 2 is 1.93 bits per heavy atom. The average Bonchev–Trinajstić information content (AvgIpc) is 2.22. The van der Waals surface area contributed by atoms with Crippen LogP contribution in [-0.2, 0) is 0 Å². The van der Waals surface area contributed by atoms with Crippen LogP contribution in [0.1, 0.15) is 13.8 Å². The maximum Gasteiger partial charge on any atom is 0.286 e. The number of halogens is 2. The van der Waals surface area contributed by atoms with Gasteiger partial charge in [-0.05, 0) is 26.4 Å². The number of rotatable bonds is 0. The Bertz CT molecular complexity index is 524. The highest BCUT2D eigenvalue weighted by atomic mass is 35.5. The van der Waals surface area contributed by atoms with Gasteiger partial charge in [-0.2, -0.15) is 0 Å². The van der Waals surface area contributed by atoms with Gasteiger partial charge in [0.25, 0.3) is 5.29 Å². The van der Waals surface area contributed by atoms with Crippen LogP contribution in [0.3, 0.4) is 0 Å². The number of fused-ring (bicyclic) bond motifs is 1. The van der Waals surface area contributed by atoms with Crippen molar-refractivity contribution < 1.29 is 0 Å². The van der Waals surface area contributed by atoms with Crippen molar-refractivity contribution in [2.24, 2.45) is 0 Å². The van der Waals surface area contributed by atoms with Crippen LogP contribution in [-0.4, -0.2) is 4.98 Å². The Labute approximate surface area is 99.3 Å². The summed E-state index contributed by atoms with van der Waals surface area (Å²) in [7, 11) is -0.0695. The van der Waals surface area contributed by atoms with Crippen molar-refractivity contribution >= 4 is 42.3 Å². The van der Waals surface area contributed by atoms with E-state index in [1.807, 2.05) is 13.8 Å². The lowest BCUT2D eigenvalue weighted by atomic mass is 10.3. The maximum atomic E-state index is 11.0. The first-order valence-corrected chi connectivity index (χ1v) is 6.27. The molecular formula is C10H10Cl2NOP. The van der Waals surface area contributed by atoms with Gasteiger partial charge < -0.3 is 0 Å². The molecule has 80 valence electrons. The SMILES string of the molecule is CC.O=c1nc2ccc(Cl)cc2c(Cl)[pH]1. The predicted molar refractivity (Wildman–Crippen MR) is 68.9 cm³/mol. The molecule has 0 aliphatic carbocycles. The molecular weight excluding hydrogens is 252 g/mol. The van der Waals surface area contributed by atoms with Crippen LogP contribution in [0.5, 0.6) is 0 Å². The first-order valence-electron chi connectivity index (χ1n) is 4.52. The zero-order valence-corrected chi connectivity index (χ0v) is 10.9. The molecule has 15 heavy (non-hydrogen) atoms. The Hall–Kier alpha value is -0.560. The van der Waals surface area contributed by atoms with Crippen LogP contribution < -0.4 is 5.29 Å². The van der Waals surface area contributed by atoms with Crippen molar-refractivity contribution in [2.45, 2.75) is 13.8 Å². The van der Waals surface area contributed by atoms with E-state index < -0.39 is 0 Å². The molecule has 0 radical (unpaired) electrons. The molecule has 0 aliphatic heterocycles. The number of aromatic nitrogens is 1. The smallest absolute Gasteiger partial charge is 0.263 e. The lowest BCUT2D eigenvalue weighted by Gasteiger charge is -1.97. The summed E-state index contributed by atoms with van der Waals surface area (Å²) in [5.74, 6) is 0. The molecule has 0 bridgehead atoms. The zero-order valence-electron chi connectivity index (χ0n) is 8.34. The Kier molecular flexibility index (Phi) is 4.59. The molecule has 2 aromatic rings. The first-order chi connectivity index (χ1) is 7.16. The second kappa shape index (κ2) is 5.50. The second-order valence-electron chi connectivity index (χ2n) is 2.52.